The monoisotopic (exact) mass is 557 g/mol. The van der Waals surface area contributed by atoms with Crippen LogP contribution >= 0.6 is 12.2 Å². The van der Waals surface area contributed by atoms with Gasteiger partial charge >= 0.3 is 0 Å². The lowest BCUT2D eigenvalue weighted by molar-refractivity contribution is 0.122. The summed E-state index contributed by atoms with van der Waals surface area (Å²) in [6.07, 6.45) is 4.86. The van der Waals surface area contributed by atoms with Crippen LogP contribution in [0.1, 0.15) is 31.2 Å². The fourth-order valence-corrected chi connectivity index (χ4v) is 6.40. The minimum Gasteiger partial charge on any atom is -0.378 e. The molecule has 3 aromatic rings. The van der Waals surface area contributed by atoms with Gasteiger partial charge in [0.05, 0.1) is 13.2 Å². The predicted molar refractivity (Wildman–Crippen MR) is 167 cm³/mol. The first-order chi connectivity index (χ1) is 19.7. The molecule has 3 aliphatic rings. The standard InChI is InChI=1S/C31H39N7OS/c40-30(32-24-31(13-7-8-14-31)25-9-3-1-4-10-25)35-29-33-27(23-28(34-29)38-19-21-39-22-20-38)37-17-15-36(16-18-37)26-11-5-2-6-12-26/h1-6,9-12,23H,7-8,13-22,24H2,(H2,32,33,34,35,40). The molecule has 8 nitrogen and oxygen atoms in total. The van der Waals surface area contributed by atoms with Crippen LogP contribution in [0.25, 0.3) is 0 Å². The first-order valence-corrected chi connectivity index (χ1v) is 15.0. The zero-order valence-electron chi connectivity index (χ0n) is 23.1. The SMILES string of the molecule is S=C(NCC1(c2ccccc2)CCCC1)Nc1nc(N2CCOCC2)cc(N2CCN(c3ccccc3)CC2)n1. The lowest BCUT2D eigenvalue weighted by Crippen LogP contribution is -2.47. The lowest BCUT2D eigenvalue weighted by atomic mass is 9.79. The highest BCUT2D eigenvalue weighted by Crippen LogP contribution is 2.40. The van der Waals surface area contributed by atoms with E-state index in [1.165, 1.54) is 36.9 Å². The smallest absolute Gasteiger partial charge is 0.232 e. The van der Waals surface area contributed by atoms with Gasteiger partial charge in [0.15, 0.2) is 5.11 Å². The maximum atomic E-state index is 5.78. The average molecular weight is 558 g/mol. The number of thiocarbonyl (C=S) groups is 1. The van der Waals surface area contributed by atoms with Gasteiger partial charge in [-0.3, -0.25) is 0 Å². The van der Waals surface area contributed by atoms with Crippen molar-refractivity contribution in [1.82, 2.24) is 15.3 Å². The molecule has 0 bridgehead atoms. The minimum atomic E-state index is 0.118. The molecule has 1 aromatic heterocycles. The summed E-state index contributed by atoms with van der Waals surface area (Å²) in [4.78, 5) is 16.9. The molecule has 9 heteroatoms. The van der Waals surface area contributed by atoms with E-state index >= 15 is 0 Å². The maximum Gasteiger partial charge on any atom is 0.232 e. The highest BCUT2D eigenvalue weighted by Gasteiger charge is 2.35. The Balaban J connectivity index is 1.16. The average Bonchev–Trinajstić information content (AvgIpc) is 3.52. The number of aromatic nitrogens is 2. The van der Waals surface area contributed by atoms with Crippen molar-refractivity contribution in [3.05, 3.63) is 72.3 Å². The topological polar surface area (TPSA) is 68.8 Å². The highest BCUT2D eigenvalue weighted by molar-refractivity contribution is 7.80. The summed E-state index contributed by atoms with van der Waals surface area (Å²) in [6.45, 7) is 7.56. The van der Waals surface area contributed by atoms with Gasteiger partial charge in [-0.1, -0.05) is 61.4 Å². The van der Waals surface area contributed by atoms with E-state index in [1.807, 2.05) is 0 Å². The normalized spacial score (nSPS) is 18.9. The first-order valence-electron chi connectivity index (χ1n) is 14.6. The zero-order chi connectivity index (χ0) is 27.2. The van der Waals surface area contributed by atoms with Crippen molar-refractivity contribution in [3.63, 3.8) is 0 Å². The van der Waals surface area contributed by atoms with Crippen molar-refractivity contribution in [3.8, 4) is 0 Å². The summed E-state index contributed by atoms with van der Waals surface area (Å²) in [5.41, 5.74) is 2.78. The van der Waals surface area contributed by atoms with Gasteiger partial charge in [0.1, 0.15) is 11.6 Å². The molecule has 6 rings (SSSR count). The third-order valence-electron chi connectivity index (χ3n) is 8.52. The Labute approximate surface area is 242 Å². The summed E-state index contributed by atoms with van der Waals surface area (Å²) < 4.78 is 5.60. The second kappa shape index (κ2) is 12.4. The molecule has 0 spiro atoms. The molecule has 1 saturated carbocycles. The summed E-state index contributed by atoms with van der Waals surface area (Å²) in [5.74, 6) is 2.40. The van der Waals surface area contributed by atoms with E-state index in [0.29, 0.717) is 24.3 Å². The van der Waals surface area contributed by atoms with Crippen LogP contribution < -0.4 is 25.3 Å². The number of piperazine rings is 1. The molecule has 3 fully saturated rings. The van der Waals surface area contributed by atoms with E-state index in [0.717, 1.165) is 57.4 Å². The third kappa shape index (κ3) is 6.15. The van der Waals surface area contributed by atoms with Crippen LogP contribution in [0.15, 0.2) is 66.7 Å². The number of benzene rings is 2. The van der Waals surface area contributed by atoms with Crippen LogP contribution in [0.5, 0.6) is 0 Å². The van der Waals surface area contributed by atoms with Gasteiger partial charge < -0.3 is 30.1 Å². The first kappa shape index (κ1) is 26.8. The van der Waals surface area contributed by atoms with Crippen molar-refractivity contribution in [2.45, 2.75) is 31.1 Å². The molecule has 2 saturated heterocycles. The van der Waals surface area contributed by atoms with E-state index in [2.05, 4.69) is 92.1 Å². The number of morpholine rings is 1. The van der Waals surface area contributed by atoms with Gasteiger partial charge in [-0.2, -0.15) is 9.97 Å². The fourth-order valence-electron chi connectivity index (χ4n) is 6.23. The Morgan fingerprint density at radius 1 is 0.775 bits per heavy atom. The molecule has 0 atom stereocenters. The Kier molecular flexibility index (Phi) is 8.29. The van der Waals surface area contributed by atoms with Crippen molar-refractivity contribution in [2.75, 3.05) is 79.0 Å². The van der Waals surface area contributed by atoms with Gasteiger partial charge in [-0.25, -0.2) is 0 Å². The second-order valence-corrected chi connectivity index (χ2v) is 11.4. The number of anilines is 4. The third-order valence-corrected chi connectivity index (χ3v) is 8.77. The number of rotatable bonds is 7. The number of para-hydroxylation sites is 1. The van der Waals surface area contributed by atoms with Crippen LogP contribution in [0, 0.1) is 0 Å². The number of hydrogen-bond acceptors (Lipinski definition) is 7. The molecular weight excluding hydrogens is 518 g/mol. The number of nitrogens with zero attached hydrogens (tertiary/aromatic N) is 5. The number of hydrogen-bond donors (Lipinski definition) is 2. The van der Waals surface area contributed by atoms with Crippen LogP contribution in [0.3, 0.4) is 0 Å². The van der Waals surface area contributed by atoms with Crippen LogP contribution in [-0.2, 0) is 10.2 Å². The van der Waals surface area contributed by atoms with E-state index < -0.39 is 0 Å². The van der Waals surface area contributed by atoms with Crippen LogP contribution in [-0.4, -0.2) is 74.1 Å². The van der Waals surface area contributed by atoms with Crippen molar-refractivity contribution < 1.29 is 4.74 Å². The van der Waals surface area contributed by atoms with Gasteiger partial charge in [0.2, 0.25) is 5.95 Å². The van der Waals surface area contributed by atoms with Crippen LogP contribution in [0.2, 0.25) is 0 Å². The highest BCUT2D eigenvalue weighted by atomic mass is 32.1. The second-order valence-electron chi connectivity index (χ2n) is 11.0. The van der Waals surface area contributed by atoms with E-state index in [1.54, 1.807) is 0 Å². The molecule has 0 amide bonds. The molecule has 1 aliphatic carbocycles. The molecule has 2 aliphatic heterocycles. The molecule has 40 heavy (non-hydrogen) atoms. The van der Waals surface area contributed by atoms with Crippen molar-refractivity contribution in [2.24, 2.45) is 0 Å². The lowest BCUT2D eigenvalue weighted by Gasteiger charge is -2.37. The van der Waals surface area contributed by atoms with E-state index in [9.17, 15) is 0 Å². The summed E-state index contributed by atoms with van der Waals surface area (Å²) in [7, 11) is 0. The van der Waals surface area contributed by atoms with Gasteiger partial charge in [-0.05, 0) is 42.8 Å². The van der Waals surface area contributed by atoms with Crippen LogP contribution in [0.4, 0.5) is 23.3 Å². The maximum absolute atomic E-state index is 5.78. The largest absolute Gasteiger partial charge is 0.378 e. The van der Waals surface area contributed by atoms with Crippen molar-refractivity contribution in [1.29, 1.82) is 0 Å². The number of nitrogens with one attached hydrogen (secondary N) is 2. The van der Waals surface area contributed by atoms with Gasteiger partial charge in [0, 0.05) is 63.0 Å². The van der Waals surface area contributed by atoms with Crippen molar-refractivity contribution >= 4 is 40.6 Å². The fraction of sp³-hybridized carbons (Fsp3) is 0.452. The summed E-state index contributed by atoms with van der Waals surface area (Å²) in [5, 5.41) is 7.42. The van der Waals surface area contributed by atoms with E-state index in [-0.39, 0.29) is 5.41 Å². The molecule has 2 aromatic carbocycles. The molecule has 210 valence electrons. The van der Waals surface area contributed by atoms with Gasteiger partial charge in [0.25, 0.3) is 0 Å². The predicted octanol–water partition coefficient (Wildman–Crippen LogP) is 4.44. The Morgan fingerprint density at radius 3 is 2.00 bits per heavy atom. The number of ether oxygens (including phenoxy) is 1. The molecule has 0 radical (unpaired) electrons. The quantitative estimate of drug-likeness (QED) is 0.411. The minimum absolute atomic E-state index is 0.118. The Bertz CT molecular complexity index is 1260. The molecule has 3 heterocycles. The Hall–Kier alpha value is -3.43. The van der Waals surface area contributed by atoms with Gasteiger partial charge in [-0.15, -0.1) is 0 Å². The Morgan fingerprint density at radius 2 is 1.35 bits per heavy atom. The zero-order valence-corrected chi connectivity index (χ0v) is 23.9. The molecule has 2 N–H and O–H groups in total. The molecular formula is C31H39N7OS. The summed E-state index contributed by atoms with van der Waals surface area (Å²) in [6, 6.07) is 23.6. The summed E-state index contributed by atoms with van der Waals surface area (Å²) >= 11 is 5.78. The molecule has 0 unspecified atom stereocenters. The van der Waals surface area contributed by atoms with E-state index in [4.69, 9.17) is 26.9 Å².